The molecule has 4 N–H and O–H groups in total. The normalized spacial score (nSPS) is 12.2. The van der Waals surface area contributed by atoms with Crippen molar-refractivity contribution < 1.29 is 8.42 Å². The van der Waals surface area contributed by atoms with Gasteiger partial charge in [0.1, 0.15) is 5.84 Å². The highest BCUT2D eigenvalue weighted by Gasteiger charge is 2.01. The van der Waals surface area contributed by atoms with Crippen molar-refractivity contribution in [2.75, 3.05) is 26.9 Å². The van der Waals surface area contributed by atoms with E-state index in [-0.39, 0.29) is 5.84 Å². The molecule has 0 radical (unpaired) electrons. The molecule has 0 spiro atoms. The minimum absolute atomic E-state index is 0.0354. The molecule has 20 heavy (non-hydrogen) atoms. The largest absolute Gasteiger partial charge is 0.386 e. The number of thioether (sulfide) groups is 1. The maximum Gasteiger partial charge on any atom is 0.318 e. The maximum atomic E-state index is 10.6. The van der Waals surface area contributed by atoms with Gasteiger partial charge < -0.3 is 10.6 Å². The molecule has 1 aromatic heterocycles. The van der Waals surface area contributed by atoms with E-state index in [1.807, 2.05) is 31.4 Å². The molecule has 0 saturated carbocycles. The van der Waals surface area contributed by atoms with Crippen LogP contribution in [0.15, 0.2) is 15.3 Å². The lowest BCUT2D eigenvalue weighted by atomic mass is 10.5. The van der Waals surface area contributed by atoms with E-state index in [2.05, 4.69) is 9.38 Å². The van der Waals surface area contributed by atoms with Gasteiger partial charge >= 0.3 is 10.2 Å². The van der Waals surface area contributed by atoms with Crippen molar-refractivity contribution in [3.63, 3.8) is 0 Å². The lowest BCUT2D eigenvalue weighted by molar-refractivity contribution is 0.505. The number of nitrogens with zero attached hydrogens (tertiary/aromatic N) is 3. The first-order valence-electron chi connectivity index (χ1n) is 5.63. The summed E-state index contributed by atoms with van der Waals surface area (Å²) in [6.07, 6.45) is 0.394. The highest BCUT2D eigenvalue weighted by Crippen LogP contribution is 2.12. The van der Waals surface area contributed by atoms with Crippen LogP contribution < -0.4 is 10.9 Å². The number of amidine groups is 1. The van der Waals surface area contributed by atoms with Crippen molar-refractivity contribution >= 4 is 39.1 Å². The van der Waals surface area contributed by atoms with Gasteiger partial charge in [0.15, 0.2) is 0 Å². The Bertz CT molecular complexity index is 482. The molecule has 0 bridgehead atoms. The smallest absolute Gasteiger partial charge is 0.318 e. The number of thiazole rings is 1. The van der Waals surface area contributed by atoms with Crippen LogP contribution in [0.2, 0.25) is 0 Å². The fraction of sp³-hybridized carbons (Fsp3) is 0.600. The minimum atomic E-state index is -3.86. The Labute approximate surface area is 128 Å². The Morgan fingerprint density at radius 1 is 1.50 bits per heavy atom. The van der Waals surface area contributed by atoms with Crippen molar-refractivity contribution in [3.8, 4) is 0 Å². The molecule has 0 aliphatic rings. The average molecular weight is 340 g/mol. The maximum absolute atomic E-state index is 10.6. The van der Waals surface area contributed by atoms with E-state index in [0.29, 0.717) is 12.2 Å². The molecule has 0 fully saturated rings. The Balaban J connectivity index is 0.000000796. The third kappa shape index (κ3) is 13.7. The lowest BCUT2D eigenvalue weighted by Gasteiger charge is -1.99. The molecule has 1 rings (SSSR count). The minimum Gasteiger partial charge on any atom is -0.386 e. The lowest BCUT2D eigenvalue weighted by Crippen LogP contribution is -2.19. The first kappa shape index (κ1) is 19.3. The van der Waals surface area contributed by atoms with Gasteiger partial charge in [0.05, 0.1) is 11.2 Å². The Hall–Kier alpha value is -0.680. The van der Waals surface area contributed by atoms with Gasteiger partial charge in [-0.3, -0.25) is 0 Å². The summed E-state index contributed by atoms with van der Waals surface area (Å²) in [5, 5.41) is 6.67. The van der Waals surface area contributed by atoms with E-state index in [0.717, 1.165) is 11.4 Å². The van der Waals surface area contributed by atoms with E-state index < -0.39 is 10.2 Å². The van der Waals surface area contributed by atoms with Gasteiger partial charge in [0.25, 0.3) is 0 Å². The van der Waals surface area contributed by atoms with Crippen LogP contribution in [0.3, 0.4) is 0 Å². The summed E-state index contributed by atoms with van der Waals surface area (Å²) < 4.78 is 24.3. The van der Waals surface area contributed by atoms with Crippen LogP contribution in [0, 0.1) is 0 Å². The molecule has 10 heteroatoms. The zero-order valence-electron chi connectivity index (χ0n) is 11.8. The van der Waals surface area contributed by atoms with E-state index in [9.17, 15) is 8.42 Å². The highest BCUT2D eigenvalue weighted by molar-refractivity contribution is 7.98. The molecule has 0 saturated heterocycles. The topological polar surface area (TPSA) is 115 Å². The standard InChI is InChI=1S/C7H12N4O2S3.C3H9N/c8-7(11-16(9,12)13)1-2-14-3-6-4-15-5-10-6;1-4(2)3/h4-5H,1-3H2,(H2,8,11)(H2,9,12,13);1-3H3. The molecule has 1 aromatic rings. The monoisotopic (exact) mass is 339 g/mol. The second-order valence-corrected chi connectivity index (χ2v) is 7.26. The summed E-state index contributed by atoms with van der Waals surface area (Å²) in [6.45, 7) is 0. The van der Waals surface area contributed by atoms with Crippen LogP contribution in [0.25, 0.3) is 0 Å². The number of nitrogens with two attached hydrogens (primary N) is 2. The van der Waals surface area contributed by atoms with Gasteiger partial charge in [-0.25, -0.2) is 10.1 Å². The predicted octanol–water partition coefficient (Wildman–Crippen LogP) is 0.505. The van der Waals surface area contributed by atoms with Crippen LogP contribution in [0.4, 0.5) is 0 Å². The Kier molecular flexibility index (Phi) is 9.76. The van der Waals surface area contributed by atoms with Crippen LogP contribution in [0.5, 0.6) is 0 Å². The van der Waals surface area contributed by atoms with Crippen molar-refractivity contribution in [1.29, 1.82) is 0 Å². The summed E-state index contributed by atoms with van der Waals surface area (Å²) in [5.41, 5.74) is 8.16. The van der Waals surface area contributed by atoms with Crippen molar-refractivity contribution in [2.24, 2.45) is 15.3 Å². The molecule has 116 valence electrons. The third-order valence-electron chi connectivity index (χ3n) is 1.48. The summed E-state index contributed by atoms with van der Waals surface area (Å²) >= 11 is 3.16. The van der Waals surface area contributed by atoms with Crippen LogP contribution in [-0.2, 0) is 16.0 Å². The number of hydrogen-bond acceptors (Lipinski definition) is 6. The van der Waals surface area contributed by atoms with Gasteiger partial charge in [-0.15, -0.1) is 15.7 Å². The molecule has 0 amide bonds. The van der Waals surface area contributed by atoms with Crippen molar-refractivity contribution in [2.45, 2.75) is 12.2 Å². The Morgan fingerprint density at radius 3 is 2.55 bits per heavy atom. The van der Waals surface area contributed by atoms with Crippen molar-refractivity contribution in [3.05, 3.63) is 16.6 Å². The average Bonchev–Trinajstić information content (AvgIpc) is 2.73. The fourth-order valence-corrected chi connectivity index (χ4v) is 2.82. The number of aromatic nitrogens is 1. The van der Waals surface area contributed by atoms with Gasteiger partial charge in [0, 0.05) is 23.3 Å². The van der Waals surface area contributed by atoms with E-state index in [4.69, 9.17) is 10.9 Å². The quantitative estimate of drug-likeness (QED) is 0.443. The van der Waals surface area contributed by atoms with E-state index in [1.165, 1.54) is 0 Å². The van der Waals surface area contributed by atoms with Crippen molar-refractivity contribution in [1.82, 2.24) is 9.88 Å². The zero-order chi connectivity index (χ0) is 15.6. The SMILES string of the molecule is CN(C)C.N/C(CCSCc1cscn1)=N/S(N)(=O)=O. The zero-order valence-corrected chi connectivity index (χ0v) is 14.3. The fourth-order valence-electron chi connectivity index (χ4n) is 0.871. The Morgan fingerprint density at radius 2 is 2.10 bits per heavy atom. The summed E-state index contributed by atoms with van der Waals surface area (Å²) in [6, 6.07) is 0. The number of rotatable bonds is 6. The van der Waals surface area contributed by atoms with Gasteiger partial charge in [-0.2, -0.15) is 20.2 Å². The summed E-state index contributed by atoms with van der Waals surface area (Å²) in [7, 11) is 2.14. The van der Waals surface area contributed by atoms with Gasteiger partial charge in [0.2, 0.25) is 0 Å². The second-order valence-electron chi connectivity index (χ2n) is 4.22. The van der Waals surface area contributed by atoms with E-state index >= 15 is 0 Å². The predicted molar refractivity (Wildman–Crippen MR) is 87.2 cm³/mol. The molecule has 7 nitrogen and oxygen atoms in total. The first-order chi connectivity index (χ1) is 9.20. The van der Waals surface area contributed by atoms with Crippen LogP contribution >= 0.6 is 23.1 Å². The molecule has 0 atom stereocenters. The third-order valence-corrected chi connectivity index (χ3v) is 3.60. The molecule has 0 unspecified atom stereocenters. The van der Waals surface area contributed by atoms with Crippen LogP contribution in [0.1, 0.15) is 12.1 Å². The molecule has 0 aliphatic carbocycles. The molecule has 0 aliphatic heterocycles. The summed E-state index contributed by atoms with van der Waals surface area (Å²) in [5.74, 6) is 1.50. The van der Waals surface area contributed by atoms with E-state index in [1.54, 1.807) is 28.6 Å². The molecule has 1 heterocycles. The van der Waals surface area contributed by atoms with Gasteiger partial charge in [-0.1, -0.05) is 0 Å². The molecule has 0 aromatic carbocycles. The second kappa shape index (κ2) is 10.1. The molecular formula is C10H21N5O2S3. The molecular weight excluding hydrogens is 318 g/mol. The highest BCUT2D eigenvalue weighted by atomic mass is 32.2. The number of hydrogen-bond donors (Lipinski definition) is 2. The van der Waals surface area contributed by atoms with Crippen LogP contribution in [-0.4, -0.2) is 51.0 Å². The first-order valence-corrected chi connectivity index (χ1v) is 9.23. The van der Waals surface area contributed by atoms with Gasteiger partial charge in [-0.05, 0) is 21.1 Å². The summed E-state index contributed by atoms with van der Waals surface area (Å²) in [4.78, 5) is 6.11.